The molecule has 0 bridgehead atoms. The lowest BCUT2D eigenvalue weighted by Crippen LogP contribution is -2.48. The van der Waals surface area contributed by atoms with E-state index in [2.05, 4.69) is 10.6 Å². The van der Waals surface area contributed by atoms with Crippen molar-refractivity contribution < 1.29 is 28.8 Å². The Bertz CT molecular complexity index is 1020. The second kappa shape index (κ2) is 9.95. The van der Waals surface area contributed by atoms with E-state index in [0.717, 1.165) is 16.5 Å². The van der Waals surface area contributed by atoms with Gasteiger partial charge in [0.25, 0.3) is 0 Å². The minimum atomic E-state index is -1.79. The third kappa shape index (κ3) is 5.62. The normalized spacial score (nSPS) is 11.7. The summed E-state index contributed by atoms with van der Waals surface area (Å²) in [5.74, 6) is -1.39. The van der Waals surface area contributed by atoms with Gasteiger partial charge in [-0.3, -0.25) is 9.59 Å². The predicted octanol–water partition coefficient (Wildman–Crippen LogP) is 1.19. The molecule has 4 N–H and O–H groups in total. The summed E-state index contributed by atoms with van der Waals surface area (Å²) in [6.45, 7) is 0.246. The number of hydrogen-bond acceptors (Lipinski definition) is 6. The van der Waals surface area contributed by atoms with Gasteiger partial charge in [-0.25, -0.2) is 0 Å². The van der Waals surface area contributed by atoms with Crippen molar-refractivity contribution in [3.8, 4) is 5.75 Å². The highest BCUT2D eigenvalue weighted by atomic mass is 16.5. The van der Waals surface area contributed by atoms with E-state index in [-0.39, 0.29) is 13.0 Å². The molecule has 3 aromatic rings. The van der Waals surface area contributed by atoms with Crippen LogP contribution < -0.4 is 15.4 Å². The number of para-hydroxylation sites is 1. The Hall–Kier alpha value is -3.30. The monoisotopic (exact) mass is 410 g/mol. The largest absolute Gasteiger partial charge is 0.497 e. The molecule has 1 atom stereocenters. The van der Waals surface area contributed by atoms with Crippen molar-refractivity contribution in [3.05, 3.63) is 65.9 Å². The van der Waals surface area contributed by atoms with Gasteiger partial charge in [-0.1, -0.05) is 30.3 Å². The van der Waals surface area contributed by atoms with Crippen LogP contribution in [0.5, 0.6) is 5.75 Å². The van der Waals surface area contributed by atoms with E-state index < -0.39 is 31.3 Å². The van der Waals surface area contributed by atoms with Gasteiger partial charge in [-0.2, -0.15) is 0 Å². The molecule has 156 valence electrons. The fourth-order valence-electron chi connectivity index (χ4n) is 3.11. The number of benzene rings is 2. The van der Waals surface area contributed by atoms with Crippen LogP contribution in [-0.2, 0) is 22.6 Å². The Kier molecular flexibility index (Phi) is 7.10. The van der Waals surface area contributed by atoms with Crippen LogP contribution in [0, 0.1) is 0 Å². The molecule has 0 fully saturated rings. The standard InChI is InChI=1S/C21H23BN2O6/c1-29-16-6-4-5-14(9-16)12-23-20(25)11-21(26)24-19(22(27)28)10-15-13-30-18-8-3-2-7-17(15)18/h2-9,13,19,27-28H,10-12H2,1H3,(H,23,25)(H,24,26). The van der Waals surface area contributed by atoms with E-state index in [4.69, 9.17) is 9.15 Å². The van der Waals surface area contributed by atoms with Crippen LogP contribution in [0.2, 0.25) is 0 Å². The van der Waals surface area contributed by atoms with Crippen molar-refractivity contribution in [2.24, 2.45) is 0 Å². The fraction of sp³-hybridized carbons (Fsp3) is 0.238. The first kappa shape index (κ1) is 21.4. The minimum absolute atomic E-state index is 0.145. The molecule has 30 heavy (non-hydrogen) atoms. The van der Waals surface area contributed by atoms with Crippen LogP contribution >= 0.6 is 0 Å². The van der Waals surface area contributed by atoms with Crippen LogP contribution in [0.25, 0.3) is 11.0 Å². The number of furan rings is 1. The molecule has 1 heterocycles. The van der Waals surface area contributed by atoms with Gasteiger partial charge < -0.3 is 29.8 Å². The molecule has 8 nitrogen and oxygen atoms in total. The number of rotatable bonds is 9. The van der Waals surface area contributed by atoms with Gasteiger partial charge in [-0.05, 0) is 35.7 Å². The summed E-state index contributed by atoms with van der Waals surface area (Å²) >= 11 is 0. The van der Waals surface area contributed by atoms with Crippen molar-refractivity contribution in [3.63, 3.8) is 0 Å². The number of carbonyl (C=O) groups excluding carboxylic acids is 2. The molecule has 2 amide bonds. The highest BCUT2D eigenvalue weighted by Crippen LogP contribution is 2.22. The Morgan fingerprint density at radius 3 is 2.70 bits per heavy atom. The number of methoxy groups -OCH3 is 1. The summed E-state index contributed by atoms with van der Waals surface area (Å²) in [5, 5.41) is 25.3. The van der Waals surface area contributed by atoms with E-state index in [0.29, 0.717) is 11.3 Å². The maximum absolute atomic E-state index is 12.2. The minimum Gasteiger partial charge on any atom is -0.497 e. The van der Waals surface area contributed by atoms with E-state index in [1.807, 2.05) is 24.3 Å². The number of fused-ring (bicyclic) bond motifs is 1. The van der Waals surface area contributed by atoms with Crippen LogP contribution in [0.15, 0.2) is 59.2 Å². The summed E-state index contributed by atoms with van der Waals surface area (Å²) in [6.07, 6.45) is 1.23. The maximum Gasteiger partial charge on any atom is 0.475 e. The molecule has 2 aromatic carbocycles. The van der Waals surface area contributed by atoms with Crippen LogP contribution in [0.1, 0.15) is 17.5 Å². The number of amides is 2. The lowest BCUT2D eigenvalue weighted by atomic mass is 9.76. The first-order valence-electron chi connectivity index (χ1n) is 9.46. The Labute approximate surface area is 174 Å². The van der Waals surface area contributed by atoms with E-state index >= 15 is 0 Å². The maximum atomic E-state index is 12.2. The summed E-state index contributed by atoms with van der Waals surface area (Å²) in [7, 11) is -0.233. The topological polar surface area (TPSA) is 121 Å². The molecule has 0 aliphatic carbocycles. The molecule has 9 heteroatoms. The van der Waals surface area contributed by atoms with E-state index in [1.54, 1.807) is 31.4 Å². The molecule has 0 aliphatic rings. The number of nitrogens with one attached hydrogen (secondary N) is 2. The van der Waals surface area contributed by atoms with Crippen molar-refractivity contribution in [1.82, 2.24) is 10.6 Å². The molecule has 0 saturated carbocycles. The lowest BCUT2D eigenvalue weighted by molar-refractivity contribution is -0.129. The summed E-state index contributed by atoms with van der Waals surface area (Å²) in [4.78, 5) is 24.3. The Morgan fingerprint density at radius 2 is 1.93 bits per heavy atom. The van der Waals surface area contributed by atoms with Gasteiger partial charge in [-0.15, -0.1) is 0 Å². The molecule has 0 radical (unpaired) electrons. The van der Waals surface area contributed by atoms with Crippen LogP contribution in [0.3, 0.4) is 0 Å². The fourth-order valence-corrected chi connectivity index (χ4v) is 3.11. The smallest absolute Gasteiger partial charge is 0.475 e. The van der Waals surface area contributed by atoms with Gasteiger partial charge in [0, 0.05) is 11.9 Å². The molecule has 0 aliphatic heterocycles. The van der Waals surface area contributed by atoms with Gasteiger partial charge in [0.1, 0.15) is 17.8 Å². The van der Waals surface area contributed by atoms with Crippen LogP contribution in [-0.4, -0.2) is 42.0 Å². The molecular formula is C21H23BN2O6. The second-order valence-corrected chi connectivity index (χ2v) is 6.85. The zero-order valence-electron chi connectivity index (χ0n) is 16.5. The molecule has 0 spiro atoms. The number of ether oxygens (including phenoxy) is 1. The third-order valence-electron chi connectivity index (χ3n) is 4.65. The highest BCUT2D eigenvalue weighted by Gasteiger charge is 2.27. The van der Waals surface area contributed by atoms with Crippen molar-refractivity contribution in [2.45, 2.75) is 25.3 Å². The zero-order chi connectivity index (χ0) is 21.5. The van der Waals surface area contributed by atoms with Gasteiger partial charge in [0.05, 0.1) is 19.3 Å². The molecular weight excluding hydrogens is 387 g/mol. The Morgan fingerprint density at radius 1 is 1.13 bits per heavy atom. The zero-order valence-corrected chi connectivity index (χ0v) is 16.5. The van der Waals surface area contributed by atoms with Crippen molar-refractivity contribution in [2.75, 3.05) is 7.11 Å². The molecule has 1 aromatic heterocycles. The molecule has 1 unspecified atom stereocenters. The summed E-state index contributed by atoms with van der Waals surface area (Å²) in [6, 6.07) is 14.5. The van der Waals surface area contributed by atoms with Gasteiger partial charge in [0.15, 0.2) is 0 Å². The van der Waals surface area contributed by atoms with E-state index in [9.17, 15) is 19.6 Å². The van der Waals surface area contributed by atoms with Gasteiger partial charge >= 0.3 is 7.12 Å². The molecule has 0 saturated heterocycles. The Balaban J connectivity index is 1.53. The summed E-state index contributed by atoms with van der Waals surface area (Å²) in [5.41, 5.74) is 2.23. The quantitative estimate of drug-likeness (QED) is 0.311. The SMILES string of the molecule is COc1cccc(CNC(=O)CC(=O)NC(Cc2coc3ccccc23)B(O)O)c1. The average molecular weight is 410 g/mol. The number of hydrogen-bond donors (Lipinski definition) is 4. The molecule has 3 rings (SSSR count). The van der Waals surface area contributed by atoms with Crippen LogP contribution in [0.4, 0.5) is 0 Å². The van der Waals surface area contributed by atoms with Gasteiger partial charge in [0.2, 0.25) is 11.8 Å². The second-order valence-electron chi connectivity index (χ2n) is 6.85. The average Bonchev–Trinajstić information content (AvgIpc) is 3.15. The predicted molar refractivity (Wildman–Crippen MR) is 111 cm³/mol. The van der Waals surface area contributed by atoms with Crippen molar-refractivity contribution >= 4 is 29.9 Å². The van der Waals surface area contributed by atoms with E-state index in [1.165, 1.54) is 6.26 Å². The highest BCUT2D eigenvalue weighted by molar-refractivity contribution is 6.43. The third-order valence-corrected chi connectivity index (χ3v) is 4.65. The number of carbonyl (C=O) groups is 2. The first-order valence-corrected chi connectivity index (χ1v) is 9.46. The van der Waals surface area contributed by atoms with Crippen molar-refractivity contribution in [1.29, 1.82) is 0 Å². The first-order chi connectivity index (χ1) is 14.5. The summed E-state index contributed by atoms with van der Waals surface area (Å²) < 4.78 is 10.6. The lowest BCUT2D eigenvalue weighted by Gasteiger charge is -2.17.